The van der Waals surface area contributed by atoms with Gasteiger partial charge in [-0.3, -0.25) is 4.79 Å². The summed E-state index contributed by atoms with van der Waals surface area (Å²) in [5.41, 5.74) is 2.24. The number of carbonyl (C=O) groups is 2. The van der Waals surface area contributed by atoms with E-state index in [2.05, 4.69) is 10.4 Å². The third-order valence-electron chi connectivity index (χ3n) is 3.22. The van der Waals surface area contributed by atoms with Crippen molar-refractivity contribution in [3.8, 4) is 5.69 Å². The van der Waals surface area contributed by atoms with Gasteiger partial charge in [0, 0.05) is 6.20 Å². The van der Waals surface area contributed by atoms with Gasteiger partial charge in [-0.25, -0.2) is 9.48 Å². The van der Waals surface area contributed by atoms with Crippen LogP contribution in [-0.4, -0.2) is 32.8 Å². The molecular weight excluding hydrogens is 270 g/mol. The Hall–Kier alpha value is -2.63. The first-order valence-electron chi connectivity index (χ1n) is 6.67. The molecule has 0 bridgehead atoms. The van der Waals surface area contributed by atoms with Crippen molar-refractivity contribution in [3.05, 3.63) is 47.8 Å². The molecule has 2 aromatic rings. The van der Waals surface area contributed by atoms with Crippen LogP contribution >= 0.6 is 0 Å². The fourth-order valence-corrected chi connectivity index (χ4v) is 1.97. The summed E-state index contributed by atoms with van der Waals surface area (Å²) < 4.78 is 1.60. The Bertz CT molecular complexity index is 664. The van der Waals surface area contributed by atoms with Crippen LogP contribution in [0.2, 0.25) is 0 Å². The van der Waals surface area contributed by atoms with Crippen LogP contribution in [0.4, 0.5) is 0 Å². The standard InChI is InChI=1S/C15H17N3O3/c1-3-12(15(20)21)17-14(19)11-8-16-18(9-11)13-7-5-4-6-10(13)2/h4-9,12H,3H2,1-2H3,(H,17,19)(H,20,21). The third kappa shape index (κ3) is 3.28. The molecule has 0 saturated carbocycles. The van der Waals surface area contributed by atoms with Crippen LogP contribution in [0.1, 0.15) is 29.3 Å². The van der Waals surface area contributed by atoms with Crippen molar-refractivity contribution in [2.24, 2.45) is 0 Å². The summed E-state index contributed by atoms with van der Waals surface area (Å²) in [6.07, 6.45) is 3.34. The minimum atomic E-state index is -1.04. The summed E-state index contributed by atoms with van der Waals surface area (Å²) in [5.74, 6) is -1.48. The molecule has 1 amide bonds. The highest BCUT2D eigenvalue weighted by Crippen LogP contribution is 2.13. The van der Waals surface area contributed by atoms with Gasteiger partial charge in [-0.05, 0) is 25.0 Å². The lowest BCUT2D eigenvalue weighted by Gasteiger charge is -2.10. The van der Waals surface area contributed by atoms with Gasteiger partial charge in [0.05, 0.1) is 17.4 Å². The number of carbonyl (C=O) groups excluding carboxylic acids is 1. The molecule has 2 N–H and O–H groups in total. The van der Waals surface area contributed by atoms with Gasteiger partial charge in [-0.15, -0.1) is 0 Å². The third-order valence-corrected chi connectivity index (χ3v) is 3.22. The summed E-state index contributed by atoms with van der Waals surface area (Å²) >= 11 is 0. The summed E-state index contributed by atoms with van der Waals surface area (Å²) in [6, 6.07) is 6.78. The molecule has 0 aliphatic rings. The second-order valence-corrected chi connectivity index (χ2v) is 4.73. The minimum Gasteiger partial charge on any atom is -0.480 e. The first kappa shape index (κ1) is 14.8. The predicted molar refractivity (Wildman–Crippen MR) is 77.5 cm³/mol. The Morgan fingerprint density at radius 2 is 2.10 bits per heavy atom. The number of nitrogens with zero attached hydrogens (tertiary/aromatic N) is 2. The highest BCUT2D eigenvalue weighted by atomic mass is 16.4. The molecule has 2 rings (SSSR count). The van der Waals surface area contributed by atoms with E-state index < -0.39 is 17.9 Å². The van der Waals surface area contributed by atoms with Gasteiger partial charge < -0.3 is 10.4 Å². The smallest absolute Gasteiger partial charge is 0.326 e. The van der Waals surface area contributed by atoms with E-state index in [4.69, 9.17) is 5.11 Å². The molecule has 0 aliphatic heterocycles. The quantitative estimate of drug-likeness (QED) is 0.877. The number of aliphatic carboxylic acids is 1. The van der Waals surface area contributed by atoms with Crippen molar-refractivity contribution < 1.29 is 14.7 Å². The summed E-state index contributed by atoms with van der Waals surface area (Å²) in [5, 5.41) is 15.6. The molecule has 0 saturated heterocycles. The van der Waals surface area contributed by atoms with E-state index in [0.717, 1.165) is 11.3 Å². The van der Waals surface area contributed by atoms with E-state index >= 15 is 0 Å². The predicted octanol–water partition coefficient (Wildman–Crippen LogP) is 1.77. The normalized spacial score (nSPS) is 11.9. The molecule has 1 unspecified atom stereocenters. The number of carboxylic acid groups (broad SMARTS) is 1. The zero-order valence-electron chi connectivity index (χ0n) is 11.9. The Kier molecular flexibility index (Phi) is 4.37. The maximum atomic E-state index is 12.0. The van der Waals surface area contributed by atoms with Crippen molar-refractivity contribution in [1.29, 1.82) is 0 Å². The van der Waals surface area contributed by atoms with Crippen molar-refractivity contribution in [3.63, 3.8) is 0 Å². The number of hydrogen-bond acceptors (Lipinski definition) is 3. The maximum absolute atomic E-state index is 12.0. The summed E-state index contributed by atoms with van der Waals surface area (Å²) in [6.45, 7) is 3.66. The van der Waals surface area contributed by atoms with Gasteiger partial charge in [0.2, 0.25) is 0 Å². The second kappa shape index (κ2) is 6.21. The van der Waals surface area contributed by atoms with E-state index in [1.165, 1.54) is 6.20 Å². The maximum Gasteiger partial charge on any atom is 0.326 e. The monoisotopic (exact) mass is 287 g/mol. The largest absolute Gasteiger partial charge is 0.480 e. The van der Waals surface area contributed by atoms with E-state index in [1.54, 1.807) is 17.8 Å². The Morgan fingerprint density at radius 1 is 1.38 bits per heavy atom. The second-order valence-electron chi connectivity index (χ2n) is 4.73. The van der Waals surface area contributed by atoms with E-state index in [0.29, 0.717) is 12.0 Å². The van der Waals surface area contributed by atoms with Crippen LogP contribution in [0, 0.1) is 6.92 Å². The van der Waals surface area contributed by atoms with Crippen LogP contribution in [0.5, 0.6) is 0 Å². The SMILES string of the molecule is CCC(NC(=O)c1cnn(-c2ccccc2C)c1)C(=O)O. The van der Waals surface area contributed by atoms with Gasteiger partial charge in [0.1, 0.15) is 6.04 Å². The van der Waals surface area contributed by atoms with Crippen LogP contribution in [0.15, 0.2) is 36.7 Å². The molecule has 1 aromatic carbocycles. The van der Waals surface area contributed by atoms with Gasteiger partial charge >= 0.3 is 5.97 Å². The lowest BCUT2D eigenvalue weighted by atomic mass is 10.2. The van der Waals surface area contributed by atoms with Gasteiger partial charge in [-0.1, -0.05) is 25.1 Å². The molecule has 0 spiro atoms. The molecule has 1 aromatic heterocycles. The van der Waals surface area contributed by atoms with E-state index in [1.807, 2.05) is 31.2 Å². The van der Waals surface area contributed by atoms with Crippen LogP contribution in [0.3, 0.4) is 0 Å². The Morgan fingerprint density at radius 3 is 2.71 bits per heavy atom. The Labute approximate surface area is 122 Å². The number of benzene rings is 1. The molecular formula is C15H17N3O3. The number of hydrogen-bond donors (Lipinski definition) is 2. The molecule has 0 radical (unpaired) electrons. The average molecular weight is 287 g/mol. The van der Waals surface area contributed by atoms with Gasteiger partial charge in [-0.2, -0.15) is 5.10 Å². The summed E-state index contributed by atoms with van der Waals surface area (Å²) in [7, 11) is 0. The first-order chi connectivity index (χ1) is 10.0. The minimum absolute atomic E-state index is 0.326. The van der Waals surface area contributed by atoms with E-state index in [9.17, 15) is 9.59 Å². The molecule has 1 heterocycles. The first-order valence-corrected chi connectivity index (χ1v) is 6.67. The fourth-order valence-electron chi connectivity index (χ4n) is 1.97. The molecule has 6 nitrogen and oxygen atoms in total. The molecule has 110 valence electrons. The number of nitrogens with one attached hydrogen (secondary N) is 1. The van der Waals surface area contributed by atoms with Crippen LogP contribution in [0.25, 0.3) is 5.69 Å². The zero-order chi connectivity index (χ0) is 15.4. The molecule has 1 atom stereocenters. The van der Waals surface area contributed by atoms with Gasteiger partial charge in [0.15, 0.2) is 0 Å². The molecule has 0 aliphatic carbocycles. The molecule has 0 fully saturated rings. The fraction of sp³-hybridized carbons (Fsp3) is 0.267. The number of amides is 1. The zero-order valence-corrected chi connectivity index (χ0v) is 11.9. The lowest BCUT2D eigenvalue weighted by molar-refractivity contribution is -0.139. The summed E-state index contributed by atoms with van der Waals surface area (Å²) in [4.78, 5) is 23.0. The van der Waals surface area contributed by atoms with Crippen molar-refractivity contribution in [2.75, 3.05) is 0 Å². The van der Waals surface area contributed by atoms with E-state index in [-0.39, 0.29) is 0 Å². The number of aryl methyl sites for hydroxylation is 1. The number of carboxylic acids is 1. The average Bonchev–Trinajstić information content (AvgIpc) is 2.94. The van der Waals surface area contributed by atoms with Gasteiger partial charge in [0.25, 0.3) is 5.91 Å². The lowest BCUT2D eigenvalue weighted by Crippen LogP contribution is -2.40. The molecule has 21 heavy (non-hydrogen) atoms. The number of rotatable bonds is 5. The van der Waals surface area contributed by atoms with Crippen molar-refractivity contribution in [1.82, 2.24) is 15.1 Å². The van der Waals surface area contributed by atoms with Crippen molar-refractivity contribution in [2.45, 2.75) is 26.3 Å². The van der Waals surface area contributed by atoms with Crippen molar-refractivity contribution >= 4 is 11.9 Å². The van der Waals surface area contributed by atoms with Crippen LogP contribution in [-0.2, 0) is 4.79 Å². The topological polar surface area (TPSA) is 84.2 Å². The molecule has 6 heteroatoms. The highest BCUT2D eigenvalue weighted by molar-refractivity contribution is 5.96. The number of para-hydroxylation sites is 1. The number of aromatic nitrogens is 2. The highest BCUT2D eigenvalue weighted by Gasteiger charge is 2.19. The Balaban J connectivity index is 2.18. The van der Waals surface area contributed by atoms with Crippen LogP contribution < -0.4 is 5.32 Å².